The number of nitrogens with two attached hydrogens (primary N) is 1. The Labute approximate surface area is 117 Å². The second-order valence-corrected chi connectivity index (χ2v) is 5.16. The molecule has 1 saturated heterocycles. The third-order valence-electron chi connectivity index (χ3n) is 3.64. The summed E-state index contributed by atoms with van der Waals surface area (Å²) in [6, 6.07) is 0. The van der Waals surface area contributed by atoms with Gasteiger partial charge in [-0.05, 0) is 6.92 Å². The van der Waals surface area contributed by atoms with Gasteiger partial charge in [-0.1, -0.05) is 0 Å². The summed E-state index contributed by atoms with van der Waals surface area (Å²) in [7, 11) is 0. The van der Waals surface area contributed by atoms with Gasteiger partial charge < -0.3 is 25.8 Å². The van der Waals surface area contributed by atoms with Crippen molar-refractivity contribution in [2.24, 2.45) is 0 Å². The number of hydrogen-bond acceptors (Lipinski definition) is 8. The lowest BCUT2D eigenvalue weighted by atomic mass is 9.96. The zero-order valence-electron chi connectivity index (χ0n) is 11.1. The summed E-state index contributed by atoms with van der Waals surface area (Å²) in [5, 5.41) is 29.6. The minimum Gasteiger partial charge on any atom is -0.394 e. The highest BCUT2D eigenvalue weighted by Crippen LogP contribution is 2.38. The molecule has 0 spiro atoms. The van der Waals surface area contributed by atoms with Crippen molar-refractivity contribution >= 4 is 17.1 Å². The Bertz CT molecular complexity index is 738. The Morgan fingerprint density at radius 2 is 2.33 bits per heavy atom. The lowest BCUT2D eigenvalue weighted by Gasteiger charge is -2.27. The number of rotatable bonds is 2. The first-order valence-electron chi connectivity index (χ1n) is 6.25. The van der Waals surface area contributed by atoms with Crippen LogP contribution in [0.15, 0.2) is 11.1 Å². The van der Waals surface area contributed by atoms with Crippen molar-refractivity contribution in [1.82, 2.24) is 19.5 Å². The summed E-state index contributed by atoms with van der Waals surface area (Å²) >= 11 is 0. The number of fused-ring (bicyclic) bond motifs is 1. The van der Waals surface area contributed by atoms with E-state index in [-0.39, 0.29) is 17.1 Å². The van der Waals surface area contributed by atoms with E-state index in [2.05, 4.69) is 15.0 Å². The Balaban J connectivity index is 2.15. The van der Waals surface area contributed by atoms with Crippen LogP contribution in [-0.2, 0) is 4.74 Å². The van der Waals surface area contributed by atoms with Gasteiger partial charge in [-0.2, -0.15) is 4.98 Å². The fourth-order valence-electron chi connectivity index (χ4n) is 2.50. The summed E-state index contributed by atoms with van der Waals surface area (Å²) in [5.74, 6) is -0.105. The van der Waals surface area contributed by atoms with Gasteiger partial charge in [0.05, 0.1) is 12.9 Å². The quantitative estimate of drug-likeness (QED) is 0.414. The number of aromatic nitrogens is 4. The smallest absolute Gasteiger partial charge is 0.280 e. The van der Waals surface area contributed by atoms with E-state index in [0.29, 0.717) is 0 Å². The summed E-state index contributed by atoms with van der Waals surface area (Å²) < 4.78 is 6.76. The summed E-state index contributed by atoms with van der Waals surface area (Å²) in [6.45, 7) is 0.900. The number of aromatic amines is 1. The fraction of sp³-hybridized carbons (Fsp3) is 0.545. The monoisotopic (exact) mass is 297 g/mol. The van der Waals surface area contributed by atoms with Gasteiger partial charge >= 0.3 is 0 Å². The van der Waals surface area contributed by atoms with Crippen molar-refractivity contribution in [3.63, 3.8) is 0 Å². The predicted molar refractivity (Wildman–Crippen MR) is 70.2 cm³/mol. The molecule has 10 heteroatoms. The number of hydrogen-bond donors (Lipinski definition) is 5. The van der Waals surface area contributed by atoms with Crippen LogP contribution in [0.2, 0.25) is 0 Å². The lowest BCUT2D eigenvalue weighted by molar-refractivity contribution is -0.0950. The second-order valence-electron chi connectivity index (χ2n) is 5.16. The van der Waals surface area contributed by atoms with E-state index in [9.17, 15) is 20.1 Å². The largest absolute Gasteiger partial charge is 0.394 e. The molecule has 2 aromatic rings. The number of ether oxygens (including phenoxy) is 1. The highest BCUT2D eigenvalue weighted by molar-refractivity contribution is 5.70. The van der Waals surface area contributed by atoms with Gasteiger partial charge in [0.1, 0.15) is 17.8 Å². The molecular formula is C11H15N5O5. The molecule has 1 aliphatic rings. The minimum atomic E-state index is -1.69. The molecule has 4 atom stereocenters. The molecule has 0 radical (unpaired) electrons. The molecule has 114 valence electrons. The Hall–Kier alpha value is -2.01. The number of anilines is 1. The molecule has 6 N–H and O–H groups in total. The first-order valence-corrected chi connectivity index (χ1v) is 6.25. The second kappa shape index (κ2) is 4.49. The standard InChI is InChI=1S/C11H15N5O5/c1-11(20)6(18)4(2-17)21-9(11)16-3-13-5-7(16)14-10(12)15-8(5)19/h3-4,6,9,17-18,20H,2H2,1H3,(H3,12,14,15,19)/t4-,6-,9-,11-/m0/s1. The van der Waals surface area contributed by atoms with Gasteiger partial charge in [-0.25, -0.2) is 4.98 Å². The highest BCUT2D eigenvalue weighted by atomic mass is 16.6. The van der Waals surface area contributed by atoms with E-state index in [1.165, 1.54) is 17.8 Å². The maximum atomic E-state index is 11.7. The number of imidazole rings is 1. The normalized spacial score (nSPS) is 32.9. The average Bonchev–Trinajstić information content (AvgIpc) is 2.91. The highest BCUT2D eigenvalue weighted by Gasteiger charge is 2.53. The van der Waals surface area contributed by atoms with E-state index in [1.54, 1.807) is 0 Å². The van der Waals surface area contributed by atoms with E-state index < -0.39 is 36.2 Å². The average molecular weight is 297 g/mol. The fourth-order valence-corrected chi connectivity index (χ4v) is 2.50. The van der Waals surface area contributed by atoms with Gasteiger partial charge in [0.15, 0.2) is 17.4 Å². The van der Waals surface area contributed by atoms with Gasteiger partial charge in [-0.15, -0.1) is 0 Å². The maximum absolute atomic E-state index is 11.7. The third-order valence-corrected chi connectivity index (χ3v) is 3.64. The number of nitrogen functional groups attached to an aromatic ring is 1. The molecule has 0 aliphatic carbocycles. The number of nitrogens with zero attached hydrogens (tertiary/aromatic N) is 3. The van der Waals surface area contributed by atoms with Gasteiger partial charge in [0.2, 0.25) is 5.95 Å². The van der Waals surface area contributed by atoms with E-state index >= 15 is 0 Å². The topological polar surface area (TPSA) is 160 Å². The van der Waals surface area contributed by atoms with Gasteiger partial charge in [0.25, 0.3) is 5.56 Å². The van der Waals surface area contributed by atoms with E-state index in [4.69, 9.17) is 10.5 Å². The van der Waals surface area contributed by atoms with Crippen LogP contribution in [0.5, 0.6) is 0 Å². The molecule has 1 fully saturated rings. The number of nitrogens with one attached hydrogen (secondary N) is 1. The summed E-state index contributed by atoms with van der Waals surface area (Å²) in [5.41, 5.74) is 3.44. The number of aliphatic hydroxyl groups is 3. The van der Waals surface area contributed by atoms with Crippen molar-refractivity contribution in [3.8, 4) is 0 Å². The van der Waals surface area contributed by atoms with Crippen LogP contribution in [0.1, 0.15) is 13.2 Å². The molecule has 2 aromatic heterocycles. The molecule has 1 aliphatic heterocycles. The SMILES string of the molecule is C[C@@]1(O)[C@@H](n2cnc3c(=O)[nH]c(N)nc32)O[C@@H](CO)[C@@H]1O. The molecule has 0 saturated carbocycles. The molecule has 3 heterocycles. The molecular weight excluding hydrogens is 282 g/mol. The number of aliphatic hydroxyl groups excluding tert-OH is 2. The Morgan fingerprint density at radius 1 is 1.62 bits per heavy atom. The molecule has 0 amide bonds. The van der Waals surface area contributed by atoms with Crippen LogP contribution >= 0.6 is 0 Å². The molecule has 0 unspecified atom stereocenters. The number of H-pyrrole nitrogens is 1. The first-order chi connectivity index (χ1) is 9.86. The Morgan fingerprint density at radius 3 is 2.95 bits per heavy atom. The van der Waals surface area contributed by atoms with Crippen LogP contribution in [-0.4, -0.2) is 59.3 Å². The minimum absolute atomic E-state index is 0.0329. The van der Waals surface area contributed by atoms with Crippen molar-refractivity contribution in [1.29, 1.82) is 0 Å². The van der Waals surface area contributed by atoms with Crippen LogP contribution in [0.4, 0.5) is 5.95 Å². The van der Waals surface area contributed by atoms with Gasteiger partial charge in [-0.3, -0.25) is 14.3 Å². The van der Waals surface area contributed by atoms with Crippen molar-refractivity contribution in [3.05, 3.63) is 16.7 Å². The van der Waals surface area contributed by atoms with Crippen LogP contribution in [0.25, 0.3) is 11.2 Å². The van der Waals surface area contributed by atoms with E-state index in [1.807, 2.05) is 0 Å². The Kier molecular flexibility index (Phi) is 2.99. The molecule has 10 nitrogen and oxygen atoms in total. The summed E-state index contributed by atoms with van der Waals surface area (Å²) in [4.78, 5) is 21.9. The molecule has 0 bridgehead atoms. The third kappa shape index (κ3) is 1.92. The summed E-state index contributed by atoms with van der Waals surface area (Å²) in [6.07, 6.45) is -2.06. The van der Waals surface area contributed by atoms with Crippen LogP contribution < -0.4 is 11.3 Å². The first kappa shape index (κ1) is 13.9. The molecule has 0 aromatic carbocycles. The van der Waals surface area contributed by atoms with Crippen molar-refractivity contribution in [2.75, 3.05) is 12.3 Å². The predicted octanol–water partition coefficient (Wildman–Crippen LogP) is -2.30. The van der Waals surface area contributed by atoms with Gasteiger partial charge in [0, 0.05) is 0 Å². The van der Waals surface area contributed by atoms with Crippen molar-refractivity contribution < 1.29 is 20.1 Å². The van der Waals surface area contributed by atoms with E-state index in [0.717, 1.165) is 0 Å². The zero-order valence-corrected chi connectivity index (χ0v) is 11.1. The molecule has 3 rings (SSSR count). The maximum Gasteiger partial charge on any atom is 0.280 e. The zero-order chi connectivity index (χ0) is 15.4. The lowest BCUT2D eigenvalue weighted by Crippen LogP contribution is -2.44. The van der Waals surface area contributed by atoms with Crippen molar-refractivity contribution in [2.45, 2.75) is 31.0 Å². The van der Waals surface area contributed by atoms with Crippen LogP contribution in [0.3, 0.4) is 0 Å². The van der Waals surface area contributed by atoms with Crippen LogP contribution in [0, 0.1) is 0 Å². The molecule has 21 heavy (non-hydrogen) atoms.